The third-order valence-electron chi connectivity index (χ3n) is 5.10. The SMILES string of the molecule is O=C(NC1CCN(c2nccc(-c3cccnc3)n2)C1)c1cccc2[nH]cnc12. The van der Waals surface area contributed by atoms with Crippen LogP contribution in [0.4, 0.5) is 5.95 Å². The molecule has 0 saturated carbocycles. The van der Waals surface area contributed by atoms with Crippen LogP contribution >= 0.6 is 0 Å². The zero-order chi connectivity index (χ0) is 19.6. The van der Waals surface area contributed by atoms with E-state index in [0.29, 0.717) is 23.6 Å². The molecule has 2 N–H and O–H groups in total. The van der Waals surface area contributed by atoms with Crippen molar-refractivity contribution in [2.75, 3.05) is 18.0 Å². The maximum absolute atomic E-state index is 12.8. The number of hydrogen-bond acceptors (Lipinski definition) is 6. The first-order valence-electron chi connectivity index (χ1n) is 9.49. The summed E-state index contributed by atoms with van der Waals surface area (Å²) in [5.41, 5.74) is 3.91. The van der Waals surface area contributed by atoms with E-state index in [1.54, 1.807) is 31.0 Å². The van der Waals surface area contributed by atoms with E-state index in [-0.39, 0.29) is 11.9 Å². The largest absolute Gasteiger partial charge is 0.347 e. The lowest BCUT2D eigenvalue weighted by atomic mass is 10.1. The highest BCUT2D eigenvalue weighted by Crippen LogP contribution is 2.21. The van der Waals surface area contributed by atoms with Crippen LogP contribution in [0.25, 0.3) is 22.3 Å². The van der Waals surface area contributed by atoms with Crippen molar-refractivity contribution in [3.63, 3.8) is 0 Å². The van der Waals surface area contributed by atoms with Crippen LogP contribution in [0, 0.1) is 0 Å². The minimum absolute atomic E-state index is 0.0300. The Bertz CT molecular complexity index is 1160. The minimum atomic E-state index is -0.112. The summed E-state index contributed by atoms with van der Waals surface area (Å²) in [6, 6.07) is 11.3. The maximum Gasteiger partial charge on any atom is 0.253 e. The van der Waals surface area contributed by atoms with Crippen LogP contribution in [-0.4, -0.2) is 50.0 Å². The van der Waals surface area contributed by atoms with Crippen LogP contribution in [0.15, 0.2) is 61.3 Å². The molecule has 1 amide bonds. The molecule has 8 nitrogen and oxygen atoms in total. The Morgan fingerprint density at radius 2 is 2.10 bits per heavy atom. The number of fused-ring (bicyclic) bond motifs is 1. The van der Waals surface area contributed by atoms with E-state index in [1.807, 2.05) is 30.3 Å². The summed E-state index contributed by atoms with van der Waals surface area (Å²) in [6.45, 7) is 1.45. The standard InChI is InChI=1S/C21H19N7O/c29-20(16-4-1-5-18-19(16)25-13-24-18)26-15-7-10-28(12-15)21-23-9-6-17(27-21)14-3-2-8-22-11-14/h1-6,8-9,11,13,15H,7,10,12H2,(H,24,25)(H,26,29). The fraction of sp³-hybridized carbons (Fsp3) is 0.190. The third kappa shape index (κ3) is 3.40. The average Bonchev–Trinajstić information content (AvgIpc) is 3.44. The predicted octanol–water partition coefficient (Wildman–Crippen LogP) is 2.42. The molecule has 1 aliphatic heterocycles. The topological polar surface area (TPSA) is 99.7 Å². The van der Waals surface area contributed by atoms with Gasteiger partial charge in [-0.05, 0) is 36.8 Å². The lowest BCUT2D eigenvalue weighted by Crippen LogP contribution is -2.37. The normalized spacial score (nSPS) is 16.3. The predicted molar refractivity (Wildman–Crippen MR) is 109 cm³/mol. The van der Waals surface area contributed by atoms with Gasteiger partial charge in [0.2, 0.25) is 5.95 Å². The number of amides is 1. The number of nitrogens with one attached hydrogen (secondary N) is 2. The van der Waals surface area contributed by atoms with Crippen LogP contribution in [0.5, 0.6) is 0 Å². The number of benzene rings is 1. The van der Waals surface area contributed by atoms with E-state index in [0.717, 1.165) is 29.7 Å². The van der Waals surface area contributed by atoms with Gasteiger partial charge in [0, 0.05) is 43.3 Å². The lowest BCUT2D eigenvalue weighted by Gasteiger charge is -2.17. The number of H-pyrrole nitrogens is 1. The molecular formula is C21H19N7O. The van der Waals surface area contributed by atoms with E-state index in [1.165, 1.54) is 0 Å². The van der Waals surface area contributed by atoms with Crippen LogP contribution < -0.4 is 10.2 Å². The van der Waals surface area contributed by atoms with Gasteiger partial charge in [-0.1, -0.05) is 6.07 Å². The van der Waals surface area contributed by atoms with Gasteiger partial charge in [0.05, 0.1) is 23.1 Å². The van der Waals surface area contributed by atoms with E-state index in [2.05, 4.69) is 35.1 Å². The number of hydrogen-bond donors (Lipinski definition) is 2. The first-order chi connectivity index (χ1) is 14.3. The van der Waals surface area contributed by atoms with Crippen molar-refractivity contribution in [2.45, 2.75) is 12.5 Å². The summed E-state index contributed by atoms with van der Waals surface area (Å²) in [4.78, 5) is 35.4. The first kappa shape index (κ1) is 17.3. The van der Waals surface area contributed by atoms with Crippen LogP contribution in [0.1, 0.15) is 16.8 Å². The van der Waals surface area contributed by atoms with E-state index in [9.17, 15) is 4.79 Å². The molecule has 1 aliphatic rings. The number of anilines is 1. The molecule has 1 saturated heterocycles. The monoisotopic (exact) mass is 385 g/mol. The molecular weight excluding hydrogens is 366 g/mol. The van der Waals surface area contributed by atoms with Crippen LogP contribution in [0.2, 0.25) is 0 Å². The summed E-state index contributed by atoms with van der Waals surface area (Å²) in [6.07, 6.45) is 7.72. The fourth-order valence-electron chi connectivity index (χ4n) is 3.65. The molecule has 29 heavy (non-hydrogen) atoms. The second-order valence-electron chi connectivity index (χ2n) is 6.99. The Labute approximate surface area is 167 Å². The summed E-state index contributed by atoms with van der Waals surface area (Å²) < 4.78 is 0. The van der Waals surface area contributed by atoms with Gasteiger partial charge in [-0.15, -0.1) is 0 Å². The van der Waals surface area contributed by atoms with Gasteiger partial charge < -0.3 is 15.2 Å². The smallest absolute Gasteiger partial charge is 0.253 e. The number of aromatic nitrogens is 5. The molecule has 0 bridgehead atoms. The first-order valence-corrected chi connectivity index (χ1v) is 9.49. The van der Waals surface area contributed by atoms with Gasteiger partial charge >= 0.3 is 0 Å². The lowest BCUT2D eigenvalue weighted by molar-refractivity contribution is 0.0942. The number of carbonyl (C=O) groups is 1. The van der Waals surface area contributed by atoms with E-state index in [4.69, 9.17) is 0 Å². The highest BCUT2D eigenvalue weighted by Gasteiger charge is 2.26. The highest BCUT2D eigenvalue weighted by molar-refractivity contribution is 6.04. The molecule has 1 fully saturated rings. The molecule has 1 unspecified atom stereocenters. The number of para-hydroxylation sites is 1. The zero-order valence-electron chi connectivity index (χ0n) is 15.6. The van der Waals surface area contributed by atoms with Crippen molar-refractivity contribution in [3.05, 3.63) is 66.9 Å². The van der Waals surface area contributed by atoms with Crippen molar-refractivity contribution in [1.29, 1.82) is 0 Å². The van der Waals surface area contributed by atoms with Gasteiger partial charge in [0.15, 0.2) is 0 Å². The fourth-order valence-corrected chi connectivity index (χ4v) is 3.65. The molecule has 1 aromatic carbocycles. The van der Waals surface area contributed by atoms with Gasteiger partial charge in [-0.2, -0.15) is 0 Å². The second-order valence-corrected chi connectivity index (χ2v) is 6.99. The minimum Gasteiger partial charge on any atom is -0.347 e. The summed E-state index contributed by atoms with van der Waals surface area (Å²) >= 11 is 0. The Balaban J connectivity index is 1.29. The molecule has 1 atom stereocenters. The maximum atomic E-state index is 12.8. The van der Waals surface area contributed by atoms with Gasteiger partial charge in [0.1, 0.15) is 5.52 Å². The van der Waals surface area contributed by atoms with Crippen LogP contribution in [-0.2, 0) is 0 Å². The molecule has 0 aliphatic carbocycles. The zero-order valence-corrected chi connectivity index (χ0v) is 15.6. The molecule has 5 rings (SSSR count). The molecule has 144 valence electrons. The molecule has 4 aromatic rings. The quantitative estimate of drug-likeness (QED) is 0.560. The Kier molecular flexibility index (Phi) is 4.36. The van der Waals surface area contributed by atoms with Crippen molar-refractivity contribution in [3.8, 4) is 11.3 Å². The Morgan fingerprint density at radius 1 is 1.14 bits per heavy atom. The van der Waals surface area contributed by atoms with Crippen molar-refractivity contribution >= 4 is 22.9 Å². The van der Waals surface area contributed by atoms with Gasteiger partial charge in [0.25, 0.3) is 5.91 Å². The third-order valence-corrected chi connectivity index (χ3v) is 5.10. The number of nitrogens with zero attached hydrogens (tertiary/aromatic N) is 5. The molecule has 3 aromatic heterocycles. The second kappa shape index (κ2) is 7.31. The number of aromatic amines is 1. The number of pyridine rings is 1. The molecule has 8 heteroatoms. The van der Waals surface area contributed by atoms with E-state index < -0.39 is 0 Å². The van der Waals surface area contributed by atoms with Crippen LogP contribution in [0.3, 0.4) is 0 Å². The van der Waals surface area contributed by atoms with Crippen molar-refractivity contribution < 1.29 is 4.79 Å². The van der Waals surface area contributed by atoms with Crippen molar-refractivity contribution in [1.82, 2.24) is 30.2 Å². The average molecular weight is 385 g/mol. The molecule has 4 heterocycles. The van der Waals surface area contributed by atoms with Gasteiger partial charge in [-0.3, -0.25) is 9.78 Å². The Hall–Kier alpha value is -3.81. The summed E-state index contributed by atoms with van der Waals surface area (Å²) in [5.74, 6) is 0.553. The summed E-state index contributed by atoms with van der Waals surface area (Å²) in [7, 11) is 0. The number of carbonyl (C=O) groups excluding carboxylic acids is 1. The Morgan fingerprint density at radius 3 is 3.00 bits per heavy atom. The molecule has 0 spiro atoms. The van der Waals surface area contributed by atoms with Crippen molar-refractivity contribution in [2.24, 2.45) is 0 Å². The summed E-state index contributed by atoms with van der Waals surface area (Å²) in [5, 5.41) is 3.12. The van der Waals surface area contributed by atoms with Gasteiger partial charge in [-0.25, -0.2) is 15.0 Å². The number of rotatable bonds is 4. The highest BCUT2D eigenvalue weighted by atomic mass is 16.1. The molecule has 0 radical (unpaired) electrons. The van der Waals surface area contributed by atoms with E-state index >= 15 is 0 Å². The number of imidazole rings is 1.